The lowest BCUT2D eigenvalue weighted by molar-refractivity contribution is -0.151. The number of halogens is 3. The summed E-state index contributed by atoms with van der Waals surface area (Å²) in [6.07, 6.45) is -4.15. The number of rotatable bonds is 13. The molecule has 12 heteroatoms. The normalized spacial score (nSPS) is 13.0. The number of nitrogens with zero attached hydrogens (tertiary/aromatic N) is 2. The molecule has 1 heterocycles. The number of aromatic nitrogens is 1. The van der Waals surface area contributed by atoms with Gasteiger partial charge in [-0.05, 0) is 57.3 Å². The van der Waals surface area contributed by atoms with E-state index in [9.17, 15) is 22.5 Å². The Morgan fingerprint density at radius 1 is 1.16 bits per heavy atom. The summed E-state index contributed by atoms with van der Waals surface area (Å²) < 4.78 is 64.0. The van der Waals surface area contributed by atoms with Crippen molar-refractivity contribution in [2.75, 3.05) is 50.7 Å². The molecule has 2 rings (SSSR count). The molecule has 0 saturated carbocycles. The largest absolute Gasteiger partial charge is 0.495 e. The maximum absolute atomic E-state index is 12.2. The van der Waals surface area contributed by atoms with Crippen molar-refractivity contribution in [3.63, 3.8) is 0 Å². The average molecular weight is 561 g/mol. The van der Waals surface area contributed by atoms with Gasteiger partial charge in [0.25, 0.3) is 0 Å². The Morgan fingerprint density at radius 3 is 2.51 bits per heavy atom. The number of pyridine rings is 1. The van der Waals surface area contributed by atoms with E-state index in [2.05, 4.69) is 21.0 Å². The summed E-state index contributed by atoms with van der Waals surface area (Å²) in [5.41, 5.74) is 3.45. The fourth-order valence-electron chi connectivity index (χ4n) is 3.32. The molecule has 0 bridgehead atoms. The fourth-order valence-corrected chi connectivity index (χ4v) is 5.18. The summed E-state index contributed by atoms with van der Waals surface area (Å²) in [6, 6.07) is 9.08. The van der Waals surface area contributed by atoms with Crippen molar-refractivity contribution in [1.82, 2.24) is 4.98 Å². The maximum Gasteiger partial charge on any atom is 0.413 e. The minimum atomic E-state index is -4.51. The van der Waals surface area contributed by atoms with Gasteiger partial charge in [-0.1, -0.05) is 11.8 Å². The summed E-state index contributed by atoms with van der Waals surface area (Å²) in [5.74, 6) is 6.86. The van der Waals surface area contributed by atoms with Gasteiger partial charge in [-0.25, -0.2) is 9.19 Å². The fraction of sp³-hybridized carbons (Fsp3) is 0.480. The number of hydrogen-bond acceptors (Lipinski definition) is 7. The monoisotopic (exact) mass is 560 g/mol. The van der Waals surface area contributed by atoms with Crippen LogP contribution in [0.25, 0.3) is 0 Å². The number of alkyl halides is 3. The zero-order valence-corrected chi connectivity index (χ0v) is 23.0. The van der Waals surface area contributed by atoms with Crippen LogP contribution in [0.4, 0.5) is 18.9 Å². The van der Waals surface area contributed by atoms with Crippen molar-refractivity contribution >= 4 is 30.4 Å². The van der Waals surface area contributed by atoms with Gasteiger partial charge >= 0.3 is 6.18 Å². The minimum absolute atomic E-state index is 0.0202. The molecule has 2 unspecified atom stereocenters. The van der Waals surface area contributed by atoms with Crippen LogP contribution in [-0.2, 0) is 26.4 Å². The molecule has 0 amide bonds. The third-order valence-electron chi connectivity index (χ3n) is 5.02. The highest BCUT2D eigenvalue weighted by molar-refractivity contribution is 7.80. The summed E-state index contributed by atoms with van der Waals surface area (Å²) in [5, 5.41) is 9.60. The minimum Gasteiger partial charge on any atom is -0.495 e. The van der Waals surface area contributed by atoms with Gasteiger partial charge in [0.2, 0.25) is 0 Å². The average Bonchev–Trinajstić information content (AvgIpc) is 2.88. The molecule has 0 spiro atoms. The Balaban J connectivity index is 2.20. The molecule has 37 heavy (non-hydrogen) atoms. The lowest BCUT2D eigenvalue weighted by atomic mass is 10.1. The van der Waals surface area contributed by atoms with Crippen molar-refractivity contribution in [3.05, 3.63) is 47.2 Å². The Morgan fingerprint density at radius 2 is 1.89 bits per heavy atom. The van der Waals surface area contributed by atoms with Gasteiger partial charge in [0.1, 0.15) is 5.75 Å². The topological polar surface area (TPSA) is 81.1 Å². The first kappa shape index (κ1) is 31.0. The predicted octanol–water partition coefficient (Wildman–Crippen LogP) is 4.13. The molecule has 204 valence electrons. The summed E-state index contributed by atoms with van der Waals surface area (Å²) >= 11 is -2.02. The molecule has 1 aromatic heterocycles. The number of benzene rings is 1. The molecule has 0 radical (unpaired) electrons. The van der Waals surface area contributed by atoms with E-state index in [0.717, 1.165) is 16.7 Å². The molecule has 0 fully saturated rings. The lowest BCUT2D eigenvalue weighted by Gasteiger charge is -2.25. The van der Waals surface area contributed by atoms with Crippen LogP contribution in [0.15, 0.2) is 30.3 Å². The van der Waals surface area contributed by atoms with E-state index in [1.807, 2.05) is 43.6 Å². The number of hydrogen-bond donors (Lipinski definition) is 1. The van der Waals surface area contributed by atoms with Crippen LogP contribution >= 0.6 is 8.15 Å². The molecule has 2 atom stereocenters. The van der Waals surface area contributed by atoms with Crippen LogP contribution in [0.1, 0.15) is 37.1 Å². The standard InChI is InChI=1S/C25H32F3N2O5PS/c1-5-30(12-7-13-37(32)35-18-25(26,27)28)22-15-19(10-11-23(22)33-3)8-9-20-14-21(17-31)29-24(16-20)36(4)34-6-2/h10-11,14-16,31H,5-7,12-13,17-18H2,1-4H3. The van der Waals surface area contributed by atoms with Gasteiger partial charge in [0.05, 0.1) is 44.4 Å². The van der Waals surface area contributed by atoms with Crippen LogP contribution in [0.2, 0.25) is 0 Å². The Kier molecular flexibility index (Phi) is 12.8. The first-order valence-electron chi connectivity index (χ1n) is 11.6. The highest BCUT2D eigenvalue weighted by Gasteiger charge is 2.28. The van der Waals surface area contributed by atoms with Crippen molar-refractivity contribution < 1.29 is 35.9 Å². The highest BCUT2D eigenvalue weighted by Crippen LogP contribution is 2.31. The number of aliphatic hydroxyl groups is 1. The quantitative estimate of drug-likeness (QED) is 0.292. The highest BCUT2D eigenvalue weighted by atomic mass is 32.2. The molecule has 1 aromatic carbocycles. The maximum atomic E-state index is 12.2. The third kappa shape index (κ3) is 10.6. The SMILES string of the molecule is CCOP(C)c1cc(C#Cc2ccc(OC)c(N(CC)CCCS(=O)OCC(F)(F)F)c2)cc(CO)n1. The van der Waals surface area contributed by atoms with Crippen LogP contribution in [0.3, 0.4) is 0 Å². The van der Waals surface area contributed by atoms with Crippen molar-refractivity contribution in [2.45, 2.75) is 33.1 Å². The van der Waals surface area contributed by atoms with Crippen LogP contribution < -0.4 is 15.1 Å². The predicted molar refractivity (Wildman–Crippen MR) is 141 cm³/mol. The molecule has 1 N–H and O–H groups in total. The van der Waals surface area contributed by atoms with Crippen LogP contribution in [0.5, 0.6) is 5.75 Å². The van der Waals surface area contributed by atoms with Gasteiger partial charge in [-0.3, -0.25) is 4.18 Å². The Bertz CT molecular complexity index is 1110. The van der Waals surface area contributed by atoms with Crippen molar-refractivity contribution in [1.29, 1.82) is 0 Å². The summed E-state index contributed by atoms with van der Waals surface area (Å²) in [4.78, 5) is 6.42. The molecular formula is C25H32F3N2O5PS. The van der Waals surface area contributed by atoms with Gasteiger partial charge in [-0.2, -0.15) is 13.2 Å². The third-order valence-corrected chi connectivity index (χ3v) is 7.54. The van der Waals surface area contributed by atoms with Gasteiger partial charge in [-0.15, -0.1) is 0 Å². The first-order chi connectivity index (χ1) is 17.6. The van der Waals surface area contributed by atoms with Crippen LogP contribution in [0, 0.1) is 11.8 Å². The second kappa shape index (κ2) is 15.3. The zero-order chi connectivity index (χ0) is 27.4. The van der Waals surface area contributed by atoms with Gasteiger partial charge in [0.15, 0.2) is 17.7 Å². The molecular weight excluding hydrogens is 528 g/mol. The van der Waals surface area contributed by atoms with Crippen molar-refractivity contribution in [3.8, 4) is 17.6 Å². The molecule has 7 nitrogen and oxygen atoms in total. The Hall–Kier alpha value is -2.22. The summed E-state index contributed by atoms with van der Waals surface area (Å²) in [7, 11) is 0.630. The number of anilines is 1. The Labute approximate surface area is 219 Å². The lowest BCUT2D eigenvalue weighted by Crippen LogP contribution is -2.26. The summed E-state index contributed by atoms with van der Waals surface area (Å²) in [6.45, 7) is 5.66. The second-order valence-electron chi connectivity index (χ2n) is 7.73. The molecule has 0 aliphatic heterocycles. The second-order valence-corrected chi connectivity index (χ2v) is 10.7. The van der Waals surface area contributed by atoms with E-state index in [1.54, 1.807) is 19.2 Å². The van der Waals surface area contributed by atoms with E-state index < -0.39 is 32.0 Å². The van der Waals surface area contributed by atoms with E-state index in [1.165, 1.54) is 0 Å². The molecule has 0 aliphatic carbocycles. The molecule has 0 aliphatic rings. The molecule has 2 aromatic rings. The van der Waals surface area contributed by atoms with E-state index in [-0.39, 0.29) is 12.4 Å². The van der Waals surface area contributed by atoms with E-state index in [0.29, 0.717) is 43.1 Å². The zero-order valence-electron chi connectivity index (χ0n) is 21.3. The van der Waals surface area contributed by atoms with Gasteiger partial charge in [0, 0.05) is 30.8 Å². The van der Waals surface area contributed by atoms with Gasteiger partial charge < -0.3 is 19.3 Å². The smallest absolute Gasteiger partial charge is 0.413 e. The molecule has 0 saturated heterocycles. The van der Waals surface area contributed by atoms with Crippen molar-refractivity contribution in [2.24, 2.45) is 0 Å². The van der Waals surface area contributed by atoms with E-state index in [4.69, 9.17) is 9.26 Å². The van der Waals surface area contributed by atoms with E-state index >= 15 is 0 Å². The van der Waals surface area contributed by atoms with Crippen LogP contribution in [-0.4, -0.2) is 66.3 Å². The number of methoxy groups -OCH3 is 1. The number of aliphatic hydroxyl groups excluding tert-OH is 1. The first-order valence-corrected chi connectivity index (χ1v) is 14.6. The number of ether oxygens (including phenoxy) is 1.